The minimum Gasteiger partial charge on any atom is -0.484 e. The van der Waals surface area contributed by atoms with Crippen LogP contribution in [-0.4, -0.2) is 36.8 Å². The molecule has 1 aromatic heterocycles. The molecule has 0 bridgehead atoms. The average molecular weight is 539 g/mol. The Hall–Kier alpha value is -3.30. The number of fused-ring (bicyclic) bond motifs is 1. The van der Waals surface area contributed by atoms with Crippen molar-refractivity contribution in [1.82, 2.24) is 0 Å². The van der Waals surface area contributed by atoms with E-state index in [4.69, 9.17) is 9.47 Å². The van der Waals surface area contributed by atoms with Crippen LogP contribution in [0.3, 0.4) is 0 Å². The molecule has 7 nitrogen and oxygen atoms in total. The summed E-state index contributed by atoms with van der Waals surface area (Å²) in [4.78, 5) is 40.1. The van der Waals surface area contributed by atoms with Gasteiger partial charge < -0.3 is 20.1 Å². The molecular formula is C28H30N2O5S2. The van der Waals surface area contributed by atoms with Gasteiger partial charge in [0, 0.05) is 15.5 Å². The highest BCUT2D eigenvalue weighted by Crippen LogP contribution is 2.39. The van der Waals surface area contributed by atoms with Crippen LogP contribution in [0, 0.1) is 0 Å². The quantitative estimate of drug-likeness (QED) is 0.245. The molecule has 1 heterocycles. The zero-order chi connectivity index (χ0) is 26.2. The van der Waals surface area contributed by atoms with Gasteiger partial charge in [-0.05, 0) is 68.0 Å². The number of rotatable bonds is 10. The van der Waals surface area contributed by atoms with Gasteiger partial charge in [0.25, 0.3) is 5.91 Å². The molecule has 2 aromatic carbocycles. The highest BCUT2D eigenvalue weighted by atomic mass is 32.2. The number of esters is 1. The van der Waals surface area contributed by atoms with Crippen molar-refractivity contribution in [2.24, 2.45) is 0 Å². The van der Waals surface area contributed by atoms with Crippen molar-refractivity contribution in [3.63, 3.8) is 0 Å². The number of carbonyl (C=O) groups is 3. The Morgan fingerprint density at radius 1 is 1.03 bits per heavy atom. The zero-order valence-electron chi connectivity index (χ0n) is 20.9. The number of thioether (sulfide) groups is 1. The second kappa shape index (κ2) is 12.8. The van der Waals surface area contributed by atoms with Crippen molar-refractivity contribution >= 4 is 51.6 Å². The van der Waals surface area contributed by atoms with Gasteiger partial charge in [-0.1, -0.05) is 31.2 Å². The van der Waals surface area contributed by atoms with Gasteiger partial charge in [-0.25, -0.2) is 4.79 Å². The predicted molar refractivity (Wildman–Crippen MR) is 148 cm³/mol. The number of hydrogen-bond acceptors (Lipinski definition) is 7. The highest BCUT2D eigenvalue weighted by molar-refractivity contribution is 8.00. The first kappa shape index (κ1) is 26.8. The minimum atomic E-state index is -0.407. The van der Waals surface area contributed by atoms with Crippen LogP contribution in [0.15, 0.2) is 59.5 Å². The lowest BCUT2D eigenvalue weighted by Crippen LogP contribution is -2.25. The molecule has 2 N–H and O–H groups in total. The third-order valence-corrected chi connectivity index (χ3v) is 8.54. The smallest absolute Gasteiger partial charge is 0.341 e. The van der Waals surface area contributed by atoms with E-state index in [2.05, 4.69) is 10.6 Å². The molecule has 1 atom stereocenters. The van der Waals surface area contributed by atoms with Gasteiger partial charge in [0.1, 0.15) is 10.8 Å². The van der Waals surface area contributed by atoms with Crippen LogP contribution < -0.4 is 15.4 Å². The molecule has 0 radical (unpaired) electrons. The van der Waals surface area contributed by atoms with Gasteiger partial charge in [-0.2, -0.15) is 0 Å². The fourth-order valence-electron chi connectivity index (χ4n) is 4.16. The number of methoxy groups -OCH3 is 1. The zero-order valence-corrected chi connectivity index (χ0v) is 22.5. The number of para-hydroxylation sites is 1. The minimum absolute atomic E-state index is 0.102. The molecule has 1 unspecified atom stereocenters. The Morgan fingerprint density at radius 3 is 2.57 bits per heavy atom. The van der Waals surface area contributed by atoms with Gasteiger partial charge >= 0.3 is 5.97 Å². The van der Waals surface area contributed by atoms with Gasteiger partial charge in [-0.15, -0.1) is 23.1 Å². The number of carbonyl (C=O) groups excluding carboxylic acids is 3. The topological polar surface area (TPSA) is 93.7 Å². The van der Waals surface area contributed by atoms with E-state index in [0.29, 0.717) is 28.4 Å². The Bertz CT molecular complexity index is 1260. The number of hydrogen-bond donors (Lipinski definition) is 2. The van der Waals surface area contributed by atoms with E-state index in [1.165, 1.54) is 30.2 Å². The van der Waals surface area contributed by atoms with Gasteiger partial charge in [0.05, 0.1) is 17.9 Å². The summed E-state index contributed by atoms with van der Waals surface area (Å²) in [5.74, 6) is -0.217. The van der Waals surface area contributed by atoms with E-state index in [1.54, 1.807) is 18.2 Å². The van der Waals surface area contributed by atoms with E-state index >= 15 is 0 Å². The first-order valence-electron chi connectivity index (χ1n) is 12.3. The maximum absolute atomic E-state index is 13.2. The Labute approximate surface area is 224 Å². The summed E-state index contributed by atoms with van der Waals surface area (Å²) in [6, 6.07) is 16.5. The van der Waals surface area contributed by atoms with E-state index < -0.39 is 5.97 Å². The van der Waals surface area contributed by atoms with Crippen molar-refractivity contribution in [2.45, 2.75) is 49.2 Å². The highest BCUT2D eigenvalue weighted by Gasteiger charge is 2.28. The molecule has 37 heavy (non-hydrogen) atoms. The van der Waals surface area contributed by atoms with Gasteiger partial charge in [0.15, 0.2) is 6.61 Å². The Morgan fingerprint density at radius 2 is 1.81 bits per heavy atom. The van der Waals surface area contributed by atoms with Crippen LogP contribution in [0.4, 0.5) is 10.7 Å². The van der Waals surface area contributed by atoms with Crippen LogP contribution in [-0.2, 0) is 27.2 Å². The maximum Gasteiger partial charge on any atom is 0.341 e. The summed E-state index contributed by atoms with van der Waals surface area (Å²) in [5, 5.41) is 6.04. The molecule has 0 saturated carbocycles. The Kier molecular flexibility index (Phi) is 9.24. The summed E-state index contributed by atoms with van der Waals surface area (Å²) < 4.78 is 10.5. The van der Waals surface area contributed by atoms with Gasteiger partial charge in [0.2, 0.25) is 5.91 Å². The lowest BCUT2D eigenvalue weighted by molar-refractivity contribution is -0.118. The average Bonchev–Trinajstić information content (AvgIpc) is 3.28. The van der Waals surface area contributed by atoms with Crippen molar-refractivity contribution in [1.29, 1.82) is 0 Å². The summed E-state index contributed by atoms with van der Waals surface area (Å²) in [5.41, 5.74) is 2.14. The summed E-state index contributed by atoms with van der Waals surface area (Å²) in [7, 11) is 1.37. The van der Waals surface area contributed by atoms with E-state index in [0.717, 1.165) is 41.0 Å². The van der Waals surface area contributed by atoms with Crippen LogP contribution in [0.25, 0.3) is 0 Å². The van der Waals surface area contributed by atoms with Crippen molar-refractivity contribution in [3.8, 4) is 5.75 Å². The lowest BCUT2D eigenvalue weighted by atomic mass is 9.95. The van der Waals surface area contributed by atoms with E-state index in [1.807, 2.05) is 43.3 Å². The van der Waals surface area contributed by atoms with E-state index in [-0.39, 0.29) is 23.7 Å². The first-order chi connectivity index (χ1) is 18.0. The van der Waals surface area contributed by atoms with Crippen molar-refractivity contribution < 1.29 is 23.9 Å². The molecule has 9 heteroatoms. The molecule has 1 aliphatic carbocycles. The van der Waals surface area contributed by atoms with Crippen LogP contribution in [0.1, 0.15) is 47.0 Å². The van der Waals surface area contributed by atoms with Gasteiger partial charge in [-0.3, -0.25) is 9.59 Å². The molecule has 0 fully saturated rings. The number of nitrogens with one attached hydrogen (secondary N) is 2. The number of thiophene rings is 1. The number of ether oxygens (including phenoxy) is 2. The summed E-state index contributed by atoms with van der Waals surface area (Å²) >= 11 is 2.90. The van der Waals surface area contributed by atoms with Crippen LogP contribution in [0.5, 0.6) is 5.75 Å². The van der Waals surface area contributed by atoms with Crippen molar-refractivity contribution in [3.05, 3.63) is 70.6 Å². The molecule has 0 saturated heterocycles. The predicted octanol–water partition coefficient (Wildman–Crippen LogP) is 5.94. The van der Waals surface area contributed by atoms with E-state index in [9.17, 15) is 14.4 Å². The van der Waals surface area contributed by atoms with Crippen molar-refractivity contribution in [2.75, 3.05) is 24.4 Å². The number of anilines is 2. The molecular weight excluding hydrogens is 508 g/mol. The number of aryl methyl sites for hydroxylation is 1. The summed E-state index contributed by atoms with van der Waals surface area (Å²) in [6.45, 7) is 1.85. The molecule has 0 aliphatic heterocycles. The second-order valence-corrected chi connectivity index (χ2v) is 11.0. The number of amides is 2. The molecule has 1 aliphatic rings. The Balaban J connectivity index is 1.40. The molecule has 2 amide bonds. The fraction of sp³-hybridized carbons (Fsp3) is 0.321. The SMILES string of the molecule is CCC(Sc1cccc(NC(=O)COc2ccccc2)c1)C(=O)Nc1sc2c(c1C(=O)OC)CCCC2. The van der Waals surface area contributed by atoms with Crippen LogP contribution in [0.2, 0.25) is 0 Å². The third-order valence-electron chi connectivity index (χ3n) is 5.97. The molecule has 0 spiro atoms. The monoisotopic (exact) mass is 538 g/mol. The lowest BCUT2D eigenvalue weighted by Gasteiger charge is -2.16. The molecule has 3 aromatic rings. The third kappa shape index (κ3) is 6.93. The second-order valence-electron chi connectivity index (χ2n) is 8.59. The molecule has 4 rings (SSSR count). The largest absolute Gasteiger partial charge is 0.484 e. The first-order valence-corrected chi connectivity index (χ1v) is 14.0. The molecule has 194 valence electrons. The fourth-order valence-corrected chi connectivity index (χ4v) is 6.45. The standard InChI is InChI=1S/C28H30N2O5S2/c1-3-22(26(32)30-27-25(28(33)34-2)21-14-7-8-15-23(21)37-27)36-20-13-9-10-18(16-20)29-24(31)17-35-19-11-5-4-6-12-19/h4-6,9-13,16,22H,3,7-8,14-15,17H2,1-2H3,(H,29,31)(H,30,32). The summed E-state index contributed by atoms with van der Waals surface area (Å²) in [6.07, 6.45) is 4.45. The normalized spacial score (nSPS) is 13.2. The van der Waals surface area contributed by atoms with Crippen LogP contribution >= 0.6 is 23.1 Å². The maximum atomic E-state index is 13.2. The number of benzene rings is 2.